The molecule has 1 heterocycles. The Labute approximate surface area is 185 Å². The van der Waals surface area contributed by atoms with Gasteiger partial charge in [0.05, 0.1) is 12.1 Å². The molecule has 0 radical (unpaired) electrons. The number of halogens is 2. The summed E-state index contributed by atoms with van der Waals surface area (Å²) in [5, 5.41) is 0.482. The van der Waals surface area contributed by atoms with Gasteiger partial charge in [0.25, 0.3) is 11.8 Å². The van der Waals surface area contributed by atoms with Crippen molar-refractivity contribution < 1.29 is 14.0 Å². The third kappa shape index (κ3) is 3.97. The Morgan fingerprint density at radius 1 is 0.871 bits per heavy atom. The monoisotopic (exact) mass is 434 g/mol. The zero-order valence-corrected chi connectivity index (χ0v) is 17.6. The molecular formula is C25H20ClFN2O2. The van der Waals surface area contributed by atoms with Crippen molar-refractivity contribution in [2.75, 3.05) is 11.4 Å². The fourth-order valence-electron chi connectivity index (χ4n) is 3.71. The molecule has 0 aromatic heterocycles. The topological polar surface area (TPSA) is 40.6 Å². The van der Waals surface area contributed by atoms with Gasteiger partial charge in [-0.1, -0.05) is 60.1 Å². The maximum Gasteiger partial charge on any atom is 0.278 e. The molecule has 3 aromatic carbocycles. The summed E-state index contributed by atoms with van der Waals surface area (Å²) in [5.41, 5.74) is 2.49. The maximum absolute atomic E-state index is 13.5. The molecule has 0 atom stereocenters. The molecule has 1 aliphatic heterocycles. The van der Waals surface area contributed by atoms with Crippen molar-refractivity contribution in [1.82, 2.24) is 4.90 Å². The lowest BCUT2D eigenvalue weighted by atomic mass is 10.0. The van der Waals surface area contributed by atoms with E-state index in [0.717, 1.165) is 5.69 Å². The van der Waals surface area contributed by atoms with Gasteiger partial charge in [-0.25, -0.2) is 4.39 Å². The normalized spacial score (nSPS) is 13.8. The molecule has 0 saturated carbocycles. The number of hydrogen-bond acceptors (Lipinski definition) is 3. The quantitative estimate of drug-likeness (QED) is 0.495. The Hall–Kier alpha value is -3.44. The second-order valence-electron chi connectivity index (χ2n) is 7.10. The highest BCUT2D eigenvalue weighted by Gasteiger charge is 2.41. The third-order valence-electron chi connectivity index (χ3n) is 5.22. The van der Waals surface area contributed by atoms with Gasteiger partial charge in [-0.2, -0.15) is 0 Å². The SMILES string of the molecule is CCN(C1=C(c2ccc(F)cc2)C(=O)N(Cc2ccccc2Cl)C1=O)c1ccccc1. The van der Waals surface area contributed by atoms with E-state index in [-0.39, 0.29) is 17.8 Å². The molecule has 2 amide bonds. The number of imide groups is 1. The number of anilines is 1. The number of amides is 2. The van der Waals surface area contributed by atoms with Gasteiger partial charge in [-0.3, -0.25) is 14.5 Å². The first-order chi connectivity index (χ1) is 15.0. The molecule has 0 N–H and O–H groups in total. The second-order valence-corrected chi connectivity index (χ2v) is 7.51. The summed E-state index contributed by atoms with van der Waals surface area (Å²) in [5.74, 6) is -1.25. The van der Waals surface area contributed by atoms with Crippen molar-refractivity contribution in [2.45, 2.75) is 13.5 Å². The van der Waals surface area contributed by atoms with E-state index >= 15 is 0 Å². The van der Waals surface area contributed by atoms with Crippen molar-refractivity contribution >= 4 is 34.7 Å². The van der Waals surface area contributed by atoms with E-state index in [1.807, 2.05) is 48.2 Å². The van der Waals surface area contributed by atoms with Gasteiger partial charge in [-0.05, 0) is 48.4 Å². The first-order valence-electron chi connectivity index (χ1n) is 9.93. The number of carbonyl (C=O) groups excluding carboxylic acids is 2. The van der Waals surface area contributed by atoms with Crippen LogP contribution in [-0.2, 0) is 16.1 Å². The number of likely N-dealkylation sites (N-methyl/N-ethyl adjacent to an activating group) is 1. The minimum absolute atomic E-state index is 0.0535. The summed E-state index contributed by atoms with van der Waals surface area (Å²) in [7, 11) is 0. The van der Waals surface area contributed by atoms with Gasteiger partial charge < -0.3 is 4.90 Å². The molecule has 156 valence electrons. The molecule has 6 heteroatoms. The van der Waals surface area contributed by atoms with Crippen LogP contribution in [0.3, 0.4) is 0 Å². The van der Waals surface area contributed by atoms with Crippen LogP contribution in [0.5, 0.6) is 0 Å². The first kappa shape index (κ1) is 20.8. The standard InChI is InChI=1S/C25H20ClFN2O2/c1-2-28(20-9-4-3-5-10-20)23-22(17-12-14-19(27)15-13-17)24(30)29(25(23)31)16-18-8-6-7-11-21(18)26/h3-15H,2,16H2,1H3. The predicted molar refractivity (Wildman–Crippen MR) is 120 cm³/mol. The van der Waals surface area contributed by atoms with Crippen LogP contribution in [0, 0.1) is 5.82 Å². The number of nitrogens with zero attached hydrogens (tertiary/aromatic N) is 2. The largest absolute Gasteiger partial charge is 0.337 e. The summed E-state index contributed by atoms with van der Waals surface area (Å²) >= 11 is 6.28. The summed E-state index contributed by atoms with van der Waals surface area (Å²) in [6.07, 6.45) is 0. The molecule has 0 bridgehead atoms. The van der Waals surface area contributed by atoms with Gasteiger partial charge in [0.2, 0.25) is 0 Å². The van der Waals surface area contributed by atoms with E-state index in [9.17, 15) is 14.0 Å². The van der Waals surface area contributed by atoms with Crippen LogP contribution in [0.2, 0.25) is 5.02 Å². The average molecular weight is 435 g/mol. The Kier molecular flexibility index (Phi) is 5.87. The van der Waals surface area contributed by atoms with Gasteiger partial charge in [0, 0.05) is 17.3 Å². The average Bonchev–Trinajstić information content (AvgIpc) is 3.02. The number of benzene rings is 3. The van der Waals surface area contributed by atoms with Crippen molar-refractivity contribution in [2.24, 2.45) is 0 Å². The van der Waals surface area contributed by atoms with Gasteiger partial charge in [0.15, 0.2) is 0 Å². The van der Waals surface area contributed by atoms with Crippen molar-refractivity contribution in [3.8, 4) is 0 Å². The summed E-state index contributed by atoms with van der Waals surface area (Å²) in [6.45, 7) is 2.44. The van der Waals surface area contributed by atoms with E-state index in [0.29, 0.717) is 22.7 Å². The molecule has 0 aliphatic carbocycles. The van der Waals surface area contributed by atoms with Gasteiger partial charge in [0.1, 0.15) is 11.5 Å². The lowest BCUT2D eigenvalue weighted by Gasteiger charge is -2.25. The molecule has 0 spiro atoms. The summed E-state index contributed by atoms with van der Waals surface area (Å²) in [4.78, 5) is 30.0. The van der Waals surface area contributed by atoms with E-state index in [1.54, 1.807) is 18.2 Å². The maximum atomic E-state index is 13.5. The molecule has 0 fully saturated rings. The van der Waals surface area contributed by atoms with E-state index < -0.39 is 17.6 Å². The highest BCUT2D eigenvalue weighted by Crippen LogP contribution is 2.35. The van der Waals surface area contributed by atoms with Crippen LogP contribution in [0.1, 0.15) is 18.1 Å². The van der Waals surface area contributed by atoms with Crippen molar-refractivity contribution in [3.05, 3.63) is 107 Å². The molecule has 4 rings (SSSR count). The van der Waals surface area contributed by atoms with Crippen LogP contribution < -0.4 is 4.90 Å². The second kappa shape index (κ2) is 8.74. The van der Waals surface area contributed by atoms with E-state index in [4.69, 9.17) is 11.6 Å². The minimum atomic E-state index is -0.430. The number of rotatable bonds is 6. The predicted octanol–water partition coefficient (Wildman–Crippen LogP) is 5.29. The minimum Gasteiger partial charge on any atom is -0.337 e. The molecule has 3 aromatic rings. The number of para-hydroxylation sites is 1. The van der Waals surface area contributed by atoms with Crippen LogP contribution in [0.4, 0.5) is 10.1 Å². The Bertz CT molecular complexity index is 1160. The Morgan fingerprint density at radius 3 is 2.16 bits per heavy atom. The molecule has 0 unspecified atom stereocenters. The number of hydrogen-bond donors (Lipinski definition) is 0. The zero-order valence-electron chi connectivity index (χ0n) is 16.9. The fraction of sp³-hybridized carbons (Fsp3) is 0.120. The molecule has 0 saturated heterocycles. The van der Waals surface area contributed by atoms with E-state index in [2.05, 4.69) is 0 Å². The van der Waals surface area contributed by atoms with Crippen molar-refractivity contribution in [1.29, 1.82) is 0 Å². The molecule has 4 nitrogen and oxygen atoms in total. The lowest BCUT2D eigenvalue weighted by molar-refractivity contribution is -0.137. The molecule has 1 aliphatic rings. The molecule has 31 heavy (non-hydrogen) atoms. The summed E-state index contributed by atoms with van der Waals surface area (Å²) < 4.78 is 13.5. The van der Waals surface area contributed by atoms with E-state index in [1.165, 1.54) is 29.2 Å². The van der Waals surface area contributed by atoms with Crippen LogP contribution in [0.25, 0.3) is 5.57 Å². The Morgan fingerprint density at radius 2 is 1.52 bits per heavy atom. The molecular weight excluding hydrogens is 415 g/mol. The fourth-order valence-corrected chi connectivity index (χ4v) is 3.90. The van der Waals surface area contributed by atoms with Crippen LogP contribution >= 0.6 is 11.6 Å². The Balaban J connectivity index is 1.83. The summed E-state index contributed by atoms with van der Waals surface area (Å²) in [6, 6.07) is 22.1. The highest BCUT2D eigenvalue weighted by atomic mass is 35.5. The highest BCUT2D eigenvalue weighted by molar-refractivity contribution is 6.37. The smallest absolute Gasteiger partial charge is 0.278 e. The first-order valence-corrected chi connectivity index (χ1v) is 10.3. The number of carbonyl (C=O) groups is 2. The van der Waals surface area contributed by atoms with Crippen LogP contribution in [-0.4, -0.2) is 23.3 Å². The van der Waals surface area contributed by atoms with Gasteiger partial charge in [-0.15, -0.1) is 0 Å². The zero-order chi connectivity index (χ0) is 22.0. The van der Waals surface area contributed by atoms with Crippen LogP contribution in [0.15, 0.2) is 84.6 Å². The third-order valence-corrected chi connectivity index (χ3v) is 5.59. The van der Waals surface area contributed by atoms with Gasteiger partial charge >= 0.3 is 0 Å². The van der Waals surface area contributed by atoms with Crippen molar-refractivity contribution in [3.63, 3.8) is 0 Å². The lowest BCUT2D eigenvalue weighted by Crippen LogP contribution is -2.35.